The van der Waals surface area contributed by atoms with Crippen LogP contribution in [0.3, 0.4) is 0 Å². The standard InChI is InChI=1S/C35H24N5SSe/c1-35(2)28-11-7-8-12-30(28)40(24-9-5-4-6-10-24)31-17-13-22(19-29(31)35)26-15-16-27(33(37)34(26)39-42)32-18-14-25(41-32)20-23(21-36)38-3/h4-20,37H,1-2H3/b23-20-,37-33?,39-34-. The Bertz CT molecular complexity index is 1950. The third-order valence-corrected chi connectivity index (χ3v) is 9.18. The minimum atomic E-state index is -0.249. The number of nitrogens with zero attached hydrogens (tertiary/aromatic N) is 4. The summed E-state index contributed by atoms with van der Waals surface area (Å²) in [4.78, 5) is 7.25. The summed E-state index contributed by atoms with van der Waals surface area (Å²) in [5, 5.41) is 18.2. The maximum absolute atomic E-state index is 9.11. The zero-order valence-electron chi connectivity index (χ0n) is 22.9. The Morgan fingerprint density at radius 1 is 0.976 bits per heavy atom. The summed E-state index contributed by atoms with van der Waals surface area (Å²) in [5.74, 6) is 0. The molecule has 1 radical (unpaired) electrons. The molecule has 0 spiro atoms. The molecule has 1 aromatic heterocycles. The summed E-state index contributed by atoms with van der Waals surface area (Å²) in [7, 11) is 0. The molecule has 1 aliphatic carbocycles. The van der Waals surface area contributed by atoms with Crippen molar-refractivity contribution in [2.45, 2.75) is 19.3 Å². The summed E-state index contributed by atoms with van der Waals surface area (Å²) in [6, 6.07) is 31.2. The summed E-state index contributed by atoms with van der Waals surface area (Å²) < 4.78 is 4.45. The first-order chi connectivity index (χ1) is 20.4. The third-order valence-electron chi connectivity index (χ3n) is 7.73. The van der Waals surface area contributed by atoms with Gasteiger partial charge in [-0.05, 0) is 0 Å². The fourth-order valence-electron chi connectivity index (χ4n) is 5.65. The minimum absolute atomic E-state index is 0.0347. The molecule has 0 bridgehead atoms. The normalized spacial score (nSPS) is 16.6. The molecule has 5 nitrogen and oxygen atoms in total. The average Bonchev–Trinajstić information content (AvgIpc) is 3.48. The number of benzene rings is 3. The number of rotatable bonds is 4. The van der Waals surface area contributed by atoms with Crippen molar-refractivity contribution in [2.75, 3.05) is 4.90 Å². The van der Waals surface area contributed by atoms with Gasteiger partial charge in [0, 0.05) is 0 Å². The molecule has 0 saturated carbocycles. The molecule has 0 unspecified atom stereocenters. The van der Waals surface area contributed by atoms with Crippen LogP contribution in [0.4, 0.5) is 17.1 Å². The van der Waals surface area contributed by atoms with E-state index < -0.39 is 0 Å². The fourth-order valence-corrected chi connectivity index (χ4v) is 7.02. The molecule has 6 rings (SSSR count). The molecule has 42 heavy (non-hydrogen) atoms. The fraction of sp³-hybridized carbons (Fsp3) is 0.0857. The van der Waals surface area contributed by atoms with Gasteiger partial charge in [-0.15, -0.1) is 0 Å². The van der Waals surface area contributed by atoms with Crippen molar-refractivity contribution in [1.29, 1.82) is 10.7 Å². The molecule has 0 fully saturated rings. The molecule has 0 saturated heterocycles. The molecule has 1 N–H and O–H groups in total. The molecular formula is C35H24N5SSe. The Labute approximate surface area is 257 Å². The second-order valence-electron chi connectivity index (χ2n) is 10.5. The number of para-hydroxylation sites is 2. The SMILES string of the molecule is [C-]#[N+]/C(C#N)=C\c1ccc(C2=CC=C(c3ccc4c(c3)C(C)(C)c3ccccc3N4c3ccccc3)/C(=N/[Se])C2=N)s1. The Balaban J connectivity index is 1.45. The zero-order chi connectivity index (χ0) is 29.4. The van der Waals surface area contributed by atoms with Crippen LogP contribution in [0, 0.1) is 23.3 Å². The molecule has 4 aromatic rings. The molecule has 0 amide bonds. The average molecular weight is 626 g/mol. The number of hydrogen-bond donors (Lipinski definition) is 1. The number of hydrogen-bond acceptors (Lipinski definition) is 5. The molecular weight excluding hydrogens is 601 g/mol. The van der Waals surface area contributed by atoms with E-state index in [0.29, 0.717) is 11.4 Å². The van der Waals surface area contributed by atoms with Crippen LogP contribution < -0.4 is 4.90 Å². The van der Waals surface area contributed by atoms with Gasteiger partial charge in [0.15, 0.2) is 0 Å². The first-order valence-electron chi connectivity index (χ1n) is 13.3. The molecule has 1 aliphatic heterocycles. The van der Waals surface area contributed by atoms with Crippen LogP contribution in [-0.4, -0.2) is 27.7 Å². The van der Waals surface area contributed by atoms with Gasteiger partial charge in [-0.25, -0.2) is 0 Å². The van der Waals surface area contributed by atoms with Crippen molar-refractivity contribution in [1.82, 2.24) is 0 Å². The third kappa shape index (κ3) is 4.55. The van der Waals surface area contributed by atoms with Crippen LogP contribution in [0.15, 0.2) is 107 Å². The Kier molecular flexibility index (Phi) is 7.10. The number of nitrogens with one attached hydrogen (secondary N) is 1. The van der Waals surface area contributed by atoms with Crippen LogP contribution in [0.25, 0.3) is 22.1 Å². The molecule has 201 valence electrons. The van der Waals surface area contributed by atoms with Crippen LogP contribution in [0.5, 0.6) is 0 Å². The summed E-state index contributed by atoms with van der Waals surface area (Å²) in [5.41, 5.74) is 9.17. The van der Waals surface area contributed by atoms with Crippen molar-refractivity contribution in [3.8, 4) is 6.07 Å². The van der Waals surface area contributed by atoms with Crippen LogP contribution in [0.2, 0.25) is 0 Å². The monoisotopic (exact) mass is 626 g/mol. The predicted octanol–water partition coefficient (Wildman–Crippen LogP) is 8.67. The Morgan fingerprint density at radius 3 is 2.43 bits per heavy atom. The van der Waals surface area contributed by atoms with E-state index in [2.05, 4.69) is 111 Å². The number of nitriles is 1. The van der Waals surface area contributed by atoms with Gasteiger partial charge in [-0.3, -0.25) is 0 Å². The number of anilines is 3. The van der Waals surface area contributed by atoms with Crippen LogP contribution in [-0.2, 0) is 5.41 Å². The van der Waals surface area contributed by atoms with E-state index in [9.17, 15) is 0 Å². The molecule has 2 aliphatic rings. The predicted molar refractivity (Wildman–Crippen MR) is 175 cm³/mol. The van der Waals surface area contributed by atoms with Crippen molar-refractivity contribution in [3.63, 3.8) is 0 Å². The second kappa shape index (κ2) is 10.9. The van der Waals surface area contributed by atoms with Crippen molar-refractivity contribution in [2.24, 2.45) is 4.01 Å². The van der Waals surface area contributed by atoms with Crippen molar-refractivity contribution >= 4 is 73.3 Å². The van der Waals surface area contributed by atoms with Crippen molar-refractivity contribution in [3.05, 3.63) is 141 Å². The van der Waals surface area contributed by atoms with E-state index in [-0.39, 0.29) is 11.1 Å². The van der Waals surface area contributed by atoms with Gasteiger partial charge in [0.05, 0.1) is 0 Å². The van der Waals surface area contributed by atoms with E-state index in [4.69, 9.17) is 17.2 Å². The van der Waals surface area contributed by atoms with Gasteiger partial charge < -0.3 is 0 Å². The van der Waals surface area contributed by atoms with E-state index >= 15 is 0 Å². The van der Waals surface area contributed by atoms with Crippen molar-refractivity contribution < 1.29 is 0 Å². The molecule has 0 atom stereocenters. The summed E-state index contributed by atoms with van der Waals surface area (Å²) in [6.07, 6.45) is 5.56. The second-order valence-corrected chi connectivity index (χ2v) is 12.0. The molecule has 7 heteroatoms. The zero-order valence-corrected chi connectivity index (χ0v) is 25.4. The van der Waals surface area contributed by atoms with E-state index in [0.717, 1.165) is 37.8 Å². The van der Waals surface area contributed by atoms with Gasteiger partial charge >= 0.3 is 259 Å². The first-order valence-corrected chi connectivity index (χ1v) is 14.9. The Morgan fingerprint density at radius 2 is 1.69 bits per heavy atom. The number of thiophene rings is 1. The summed E-state index contributed by atoms with van der Waals surface area (Å²) in [6.45, 7) is 11.7. The van der Waals surface area contributed by atoms with E-state index in [1.807, 2.05) is 36.4 Å². The maximum atomic E-state index is 9.11. The topological polar surface area (TPSA) is 67.6 Å². The summed E-state index contributed by atoms with van der Waals surface area (Å²) >= 11 is 4.22. The van der Waals surface area contributed by atoms with Crippen LogP contribution >= 0.6 is 11.3 Å². The van der Waals surface area contributed by atoms with Gasteiger partial charge in [0.2, 0.25) is 0 Å². The molecule has 3 aromatic carbocycles. The number of allylic oxidation sites excluding steroid dienone is 5. The van der Waals surface area contributed by atoms with E-state index in [1.165, 1.54) is 28.2 Å². The van der Waals surface area contributed by atoms with Gasteiger partial charge in [0.25, 0.3) is 0 Å². The number of fused-ring (bicyclic) bond motifs is 2. The van der Waals surface area contributed by atoms with Gasteiger partial charge in [-0.2, -0.15) is 0 Å². The van der Waals surface area contributed by atoms with Crippen LogP contribution in [0.1, 0.15) is 40.3 Å². The molecule has 2 heterocycles. The van der Waals surface area contributed by atoms with E-state index in [1.54, 1.807) is 6.08 Å². The Hall–Kier alpha value is -4.78. The van der Waals surface area contributed by atoms with Gasteiger partial charge in [0.1, 0.15) is 0 Å². The quantitative estimate of drug-likeness (QED) is 0.107. The first kappa shape index (κ1) is 27.4. The van der Waals surface area contributed by atoms with Gasteiger partial charge in [-0.1, -0.05) is 0 Å².